The number of aromatic nitrogens is 4. The number of ether oxygens (including phenoxy) is 1. The van der Waals surface area contributed by atoms with Crippen LogP contribution in [0, 0.1) is 17.1 Å². The minimum absolute atomic E-state index is 0.0547. The number of nitrogens with one attached hydrogen (secondary N) is 1. The molecule has 11 nitrogen and oxygen atoms in total. The van der Waals surface area contributed by atoms with Gasteiger partial charge in [-0.15, -0.1) is 0 Å². The summed E-state index contributed by atoms with van der Waals surface area (Å²) < 4.78 is 23.2. The van der Waals surface area contributed by atoms with Gasteiger partial charge in [-0.1, -0.05) is 25.1 Å². The lowest BCUT2D eigenvalue weighted by Crippen LogP contribution is -2.43. The van der Waals surface area contributed by atoms with Gasteiger partial charge in [0.1, 0.15) is 35.2 Å². The molecule has 4 aromatic rings. The third-order valence-electron chi connectivity index (χ3n) is 8.43. The second-order valence-corrected chi connectivity index (χ2v) is 11.2. The monoisotopic (exact) mass is 609 g/mol. The van der Waals surface area contributed by atoms with E-state index in [0.29, 0.717) is 53.3 Å². The van der Waals surface area contributed by atoms with Crippen LogP contribution in [0.4, 0.5) is 10.2 Å². The first kappa shape index (κ1) is 30.0. The minimum Gasteiger partial charge on any atom is -0.457 e. The molecule has 2 aromatic heterocycles. The van der Waals surface area contributed by atoms with E-state index in [1.165, 1.54) is 12.4 Å². The van der Waals surface area contributed by atoms with Crippen molar-refractivity contribution < 1.29 is 13.9 Å². The van der Waals surface area contributed by atoms with Crippen molar-refractivity contribution in [2.24, 2.45) is 0 Å². The Bertz CT molecular complexity index is 1760. The fourth-order valence-corrected chi connectivity index (χ4v) is 6.23. The number of amides is 1. The molecule has 2 fully saturated rings. The average Bonchev–Trinajstić information content (AvgIpc) is 3.46. The number of anilines is 1. The molecular formula is C33H36FN9O2. The lowest BCUT2D eigenvalue weighted by Gasteiger charge is -2.34. The van der Waals surface area contributed by atoms with E-state index in [-0.39, 0.29) is 29.8 Å². The van der Waals surface area contributed by atoms with E-state index in [1.807, 2.05) is 25.1 Å². The molecule has 6 rings (SSSR count). The summed E-state index contributed by atoms with van der Waals surface area (Å²) in [5.41, 5.74) is 8.82. The molecule has 0 aliphatic carbocycles. The SMILES string of the molecule is CC/C(=C(/C#N)CC(=O)N1CCC[C@@H](n2nc(-c3ccc(Oc4ccccc4)cc3F)c3c(N)ncnc32)C1)N1CCNCC1. The summed E-state index contributed by atoms with van der Waals surface area (Å²) in [7, 11) is 0. The highest BCUT2D eigenvalue weighted by Crippen LogP contribution is 2.36. The van der Waals surface area contributed by atoms with Crippen LogP contribution < -0.4 is 15.8 Å². The molecule has 3 N–H and O–H groups in total. The largest absolute Gasteiger partial charge is 0.457 e. The highest BCUT2D eigenvalue weighted by Gasteiger charge is 2.30. The molecular weight excluding hydrogens is 573 g/mol. The van der Waals surface area contributed by atoms with Crippen molar-refractivity contribution in [1.82, 2.24) is 34.9 Å². The Hall–Kier alpha value is -5.02. The van der Waals surface area contributed by atoms with Gasteiger partial charge < -0.3 is 25.6 Å². The van der Waals surface area contributed by atoms with Crippen LogP contribution in [-0.4, -0.2) is 74.7 Å². The van der Waals surface area contributed by atoms with Crippen LogP contribution >= 0.6 is 0 Å². The Morgan fingerprint density at radius 1 is 1.11 bits per heavy atom. The Balaban J connectivity index is 1.26. The number of piperidine rings is 1. The van der Waals surface area contributed by atoms with Crippen LogP contribution in [0.25, 0.3) is 22.3 Å². The maximum Gasteiger partial charge on any atom is 0.227 e. The fourth-order valence-electron chi connectivity index (χ4n) is 6.23. The van der Waals surface area contributed by atoms with Crippen molar-refractivity contribution in [2.75, 3.05) is 45.0 Å². The maximum atomic E-state index is 15.6. The van der Waals surface area contributed by atoms with Crippen LogP contribution in [0.2, 0.25) is 0 Å². The zero-order chi connectivity index (χ0) is 31.3. The molecule has 0 bridgehead atoms. The number of halogens is 1. The molecule has 0 spiro atoms. The van der Waals surface area contributed by atoms with Gasteiger partial charge in [0.25, 0.3) is 0 Å². The molecule has 12 heteroatoms. The molecule has 232 valence electrons. The molecule has 1 amide bonds. The molecule has 45 heavy (non-hydrogen) atoms. The molecule has 1 atom stereocenters. The minimum atomic E-state index is -0.522. The third-order valence-corrected chi connectivity index (χ3v) is 8.43. The number of likely N-dealkylation sites (tertiary alicyclic amines) is 1. The normalized spacial score (nSPS) is 17.6. The predicted octanol–water partition coefficient (Wildman–Crippen LogP) is 4.65. The van der Waals surface area contributed by atoms with E-state index < -0.39 is 5.82 Å². The van der Waals surface area contributed by atoms with E-state index in [1.54, 1.807) is 33.8 Å². The van der Waals surface area contributed by atoms with Gasteiger partial charge in [-0.2, -0.15) is 10.4 Å². The molecule has 4 heterocycles. The zero-order valence-corrected chi connectivity index (χ0v) is 25.2. The van der Waals surface area contributed by atoms with Crippen molar-refractivity contribution in [3.8, 4) is 28.8 Å². The molecule has 2 saturated heterocycles. The van der Waals surface area contributed by atoms with E-state index in [4.69, 9.17) is 15.6 Å². The number of carbonyl (C=O) groups is 1. The summed E-state index contributed by atoms with van der Waals surface area (Å²) in [6.45, 7) is 6.34. The number of carbonyl (C=O) groups excluding carboxylic acids is 1. The molecule has 0 unspecified atom stereocenters. The van der Waals surface area contributed by atoms with E-state index in [0.717, 1.165) is 44.7 Å². The van der Waals surface area contributed by atoms with Crippen LogP contribution in [-0.2, 0) is 4.79 Å². The summed E-state index contributed by atoms with van der Waals surface area (Å²) in [6.07, 6.45) is 3.61. The van der Waals surface area contributed by atoms with E-state index >= 15 is 4.39 Å². The van der Waals surface area contributed by atoms with Gasteiger partial charge in [0.05, 0.1) is 29.5 Å². The van der Waals surface area contributed by atoms with Crippen molar-refractivity contribution in [2.45, 2.75) is 38.6 Å². The van der Waals surface area contributed by atoms with Crippen molar-refractivity contribution in [1.29, 1.82) is 5.26 Å². The lowest BCUT2D eigenvalue weighted by atomic mass is 10.0. The van der Waals surface area contributed by atoms with Gasteiger partial charge in [0.15, 0.2) is 5.65 Å². The lowest BCUT2D eigenvalue weighted by molar-refractivity contribution is -0.132. The number of nitriles is 1. The third kappa shape index (κ3) is 6.30. The highest BCUT2D eigenvalue weighted by atomic mass is 19.1. The quantitative estimate of drug-likeness (QED) is 0.273. The number of hydrogen-bond acceptors (Lipinski definition) is 9. The highest BCUT2D eigenvalue weighted by molar-refractivity contribution is 5.98. The number of hydrogen-bond donors (Lipinski definition) is 2. The fraction of sp³-hybridized carbons (Fsp3) is 0.364. The zero-order valence-electron chi connectivity index (χ0n) is 25.2. The summed E-state index contributed by atoms with van der Waals surface area (Å²) in [4.78, 5) is 26.2. The molecule has 2 aromatic carbocycles. The number of nitrogens with zero attached hydrogens (tertiary/aromatic N) is 7. The van der Waals surface area contributed by atoms with Gasteiger partial charge in [-0.05, 0) is 43.5 Å². The first-order chi connectivity index (χ1) is 22.0. The van der Waals surface area contributed by atoms with Gasteiger partial charge >= 0.3 is 0 Å². The summed E-state index contributed by atoms with van der Waals surface area (Å²) in [6, 6.07) is 15.9. The topological polar surface area (TPSA) is 138 Å². The first-order valence-electron chi connectivity index (χ1n) is 15.3. The van der Waals surface area contributed by atoms with Gasteiger partial charge in [0.2, 0.25) is 5.91 Å². The summed E-state index contributed by atoms with van der Waals surface area (Å²) >= 11 is 0. The number of para-hydroxylation sites is 1. The van der Waals surface area contributed by atoms with Gasteiger partial charge in [-0.3, -0.25) is 4.79 Å². The maximum absolute atomic E-state index is 15.6. The number of nitrogen functional groups attached to an aromatic ring is 1. The Morgan fingerprint density at radius 3 is 2.64 bits per heavy atom. The average molecular weight is 610 g/mol. The van der Waals surface area contributed by atoms with Crippen molar-refractivity contribution in [3.05, 3.63) is 71.9 Å². The number of fused-ring (bicyclic) bond motifs is 1. The van der Waals surface area contributed by atoms with Crippen LogP contribution in [0.3, 0.4) is 0 Å². The smallest absolute Gasteiger partial charge is 0.227 e. The van der Waals surface area contributed by atoms with E-state index in [9.17, 15) is 10.1 Å². The van der Waals surface area contributed by atoms with Crippen molar-refractivity contribution in [3.63, 3.8) is 0 Å². The van der Waals surface area contributed by atoms with Crippen LogP contribution in [0.5, 0.6) is 11.5 Å². The Kier molecular flexibility index (Phi) is 8.89. The Labute approximate surface area is 261 Å². The number of rotatable bonds is 8. The number of benzene rings is 2. The molecule has 0 saturated carbocycles. The Morgan fingerprint density at radius 2 is 1.91 bits per heavy atom. The predicted molar refractivity (Wildman–Crippen MR) is 168 cm³/mol. The van der Waals surface area contributed by atoms with Gasteiger partial charge in [-0.25, -0.2) is 19.0 Å². The number of piperazine rings is 1. The van der Waals surface area contributed by atoms with Crippen LogP contribution in [0.15, 0.2) is 66.1 Å². The summed E-state index contributed by atoms with van der Waals surface area (Å²) in [5, 5.41) is 18.6. The van der Waals surface area contributed by atoms with Gasteiger partial charge in [0, 0.05) is 56.6 Å². The number of allylic oxidation sites excluding steroid dienone is 1. The standard InChI is InChI=1S/C33H36FN9O2/c1-2-28(41-15-12-37-13-16-41)22(19-35)17-29(44)42-14-6-7-23(20-42)43-33-30(32(36)38-21-39-33)31(40-43)26-11-10-25(18-27(26)34)45-24-8-4-3-5-9-24/h3-5,8-11,18,21,23,37H,2,6-7,12-17,20H2,1H3,(H2,36,38,39)/b28-22-/t23-/m1/s1. The summed E-state index contributed by atoms with van der Waals surface area (Å²) in [5.74, 6) is 0.526. The second kappa shape index (κ2) is 13.3. The molecule has 2 aliphatic heterocycles. The molecule has 0 radical (unpaired) electrons. The molecule has 2 aliphatic rings. The first-order valence-corrected chi connectivity index (χ1v) is 15.3. The van der Waals surface area contributed by atoms with Crippen molar-refractivity contribution >= 4 is 22.8 Å². The van der Waals surface area contributed by atoms with E-state index in [2.05, 4.69) is 26.3 Å². The van der Waals surface area contributed by atoms with Crippen LogP contribution in [0.1, 0.15) is 38.6 Å². The number of nitrogens with two attached hydrogens (primary N) is 1. The second-order valence-electron chi connectivity index (χ2n) is 11.2.